The summed E-state index contributed by atoms with van der Waals surface area (Å²) < 4.78 is 5.60. The molecule has 0 aromatic heterocycles. The lowest BCUT2D eigenvalue weighted by atomic mass is 9.81. The van der Waals surface area contributed by atoms with Gasteiger partial charge >= 0.3 is 0 Å². The fraction of sp³-hybridized carbons (Fsp3) is 1.00. The quantitative estimate of drug-likeness (QED) is 0.693. The monoisotopic (exact) mass is 187 g/mol. The summed E-state index contributed by atoms with van der Waals surface area (Å²) in [4.78, 5) is 0. The van der Waals surface area contributed by atoms with Crippen LogP contribution in [0.4, 0.5) is 0 Å². The van der Waals surface area contributed by atoms with Gasteiger partial charge in [-0.15, -0.1) is 0 Å². The van der Waals surface area contributed by atoms with Gasteiger partial charge in [0.25, 0.3) is 0 Å². The van der Waals surface area contributed by atoms with E-state index < -0.39 is 0 Å². The summed E-state index contributed by atoms with van der Waals surface area (Å²) in [5.41, 5.74) is 6.10. The molecule has 0 bridgehead atoms. The smallest absolute Gasteiger partial charge is 0.0826 e. The van der Waals surface area contributed by atoms with Gasteiger partial charge in [-0.1, -0.05) is 34.1 Å². The summed E-state index contributed by atoms with van der Waals surface area (Å²) in [6.07, 6.45) is 3.10. The van der Waals surface area contributed by atoms with E-state index in [4.69, 9.17) is 10.5 Å². The van der Waals surface area contributed by atoms with Crippen LogP contribution >= 0.6 is 0 Å². The highest BCUT2D eigenvalue weighted by Crippen LogP contribution is 2.28. The highest BCUT2D eigenvalue weighted by molar-refractivity contribution is 4.91. The van der Waals surface area contributed by atoms with E-state index in [1.807, 2.05) is 0 Å². The summed E-state index contributed by atoms with van der Waals surface area (Å²) in [5, 5.41) is 0. The first-order valence-corrected chi connectivity index (χ1v) is 5.38. The van der Waals surface area contributed by atoms with Crippen LogP contribution in [0.15, 0.2) is 0 Å². The van der Waals surface area contributed by atoms with E-state index in [1.54, 1.807) is 7.11 Å². The third-order valence-electron chi connectivity index (χ3n) is 3.47. The van der Waals surface area contributed by atoms with Crippen molar-refractivity contribution in [3.05, 3.63) is 0 Å². The zero-order valence-electron chi connectivity index (χ0n) is 9.76. The molecule has 80 valence electrons. The molecule has 2 heteroatoms. The number of nitrogens with two attached hydrogens (primary N) is 1. The lowest BCUT2D eigenvalue weighted by Gasteiger charge is -2.39. The number of ether oxygens (including phenoxy) is 1. The van der Waals surface area contributed by atoms with Crippen molar-refractivity contribution in [2.24, 2.45) is 11.7 Å². The molecule has 0 amide bonds. The molecule has 0 aromatic rings. The van der Waals surface area contributed by atoms with Crippen LogP contribution in [-0.4, -0.2) is 18.8 Å². The minimum Gasteiger partial charge on any atom is -0.377 e. The van der Waals surface area contributed by atoms with Crippen molar-refractivity contribution in [2.45, 2.75) is 58.6 Å². The number of hydrogen-bond donors (Lipinski definition) is 1. The van der Waals surface area contributed by atoms with E-state index in [1.165, 1.54) is 0 Å². The van der Waals surface area contributed by atoms with Crippen molar-refractivity contribution in [1.82, 2.24) is 0 Å². The molecule has 0 aliphatic rings. The third kappa shape index (κ3) is 2.68. The van der Waals surface area contributed by atoms with Gasteiger partial charge in [0.15, 0.2) is 0 Å². The Morgan fingerprint density at radius 3 is 1.92 bits per heavy atom. The molecule has 2 N–H and O–H groups in total. The first kappa shape index (κ1) is 12.9. The fourth-order valence-electron chi connectivity index (χ4n) is 1.92. The van der Waals surface area contributed by atoms with Gasteiger partial charge in [-0.2, -0.15) is 0 Å². The molecule has 0 aliphatic carbocycles. The second-order valence-electron chi connectivity index (χ2n) is 3.89. The Kier molecular flexibility index (Phi) is 5.57. The maximum atomic E-state index is 6.21. The highest BCUT2D eigenvalue weighted by Gasteiger charge is 2.35. The molecule has 13 heavy (non-hydrogen) atoms. The van der Waals surface area contributed by atoms with Crippen LogP contribution in [0.5, 0.6) is 0 Å². The van der Waals surface area contributed by atoms with Crippen LogP contribution in [0, 0.1) is 5.92 Å². The van der Waals surface area contributed by atoms with Gasteiger partial charge in [0, 0.05) is 13.2 Å². The molecule has 0 saturated heterocycles. The van der Waals surface area contributed by atoms with Gasteiger partial charge in [-0.3, -0.25) is 0 Å². The van der Waals surface area contributed by atoms with Crippen molar-refractivity contribution in [3.63, 3.8) is 0 Å². The van der Waals surface area contributed by atoms with Gasteiger partial charge in [-0.25, -0.2) is 0 Å². The Labute approximate surface area is 82.8 Å². The first-order valence-electron chi connectivity index (χ1n) is 5.38. The lowest BCUT2D eigenvalue weighted by Crippen LogP contribution is -2.52. The molecule has 0 rings (SSSR count). The fourth-order valence-corrected chi connectivity index (χ4v) is 1.92. The normalized spacial score (nSPS) is 17.1. The average Bonchev–Trinajstić information content (AvgIpc) is 2.20. The summed E-state index contributed by atoms with van der Waals surface area (Å²) >= 11 is 0. The predicted octanol–water partition coefficient (Wildman–Crippen LogP) is 2.57. The second kappa shape index (κ2) is 5.61. The summed E-state index contributed by atoms with van der Waals surface area (Å²) in [6.45, 7) is 8.67. The zero-order valence-corrected chi connectivity index (χ0v) is 9.76. The minimum atomic E-state index is -0.116. The van der Waals surface area contributed by atoms with Crippen LogP contribution in [-0.2, 0) is 4.74 Å². The van der Waals surface area contributed by atoms with Gasteiger partial charge in [0.1, 0.15) is 0 Å². The predicted molar refractivity (Wildman–Crippen MR) is 57.8 cm³/mol. The molecule has 2 atom stereocenters. The Hall–Kier alpha value is -0.0800. The van der Waals surface area contributed by atoms with Crippen molar-refractivity contribution >= 4 is 0 Å². The van der Waals surface area contributed by atoms with Crippen LogP contribution in [0.25, 0.3) is 0 Å². The molecule has 0 fully saturated rings. The minimum absolute atomic E-state index is 0.116. The van der Waals surface area contributed by atoms with Crippen LogP contribution in [0.1, 0.15) is 47.0 Å². The zero-order chi connectivity index (χ0) is 10.5. The molecule has 0 aliphatic heterocycles. The van der Waals surface area contributed by atoms with E-state index in [-0.39, 0.29) is 11.6 Å². The Balaban J connectivity index is 4.52. The average molecular weight is 187 g/mol. The van der Waals surface area contributed by atoms with Crippen LogP contribution < -0.4 is 5.73 Å². The molecule has 0 aromatic carbocycles. The van der Waals surface area contributed by atoms with E-state index in [2.05, 4.69) is 27.7 Å². The summed E-state index contributed by atoms with van der Waals surface area (Å²) in [7, 11) is 1.77. The maximum absolute atomic E-state index is 6.21. The molecule has 0 saturated carbocycles. The Morgan fingerprint density at radius 2 is 1.69 bits per heavy atom. The van der Waals surface area contributed by atoms with E-state index in [0.29, 0.717) is 5.92 Å². The summed E-state index contributed by atoms with van der Waals surface area (Å²) in [5.74, 6) is 0.528. The third-order valence-corrected chi connectivity index (χ3v) is 3.47. The van der Waals surface area contributed by atoms with Gasteiger partial charge in [-0.05, 0) is 18.8 Å². The van der Waals surface area contributed by atoms with Crippen LogP contribution in [0.2, 0.25) is 0 Å². The van der Waals surface area contributed by atoms with Gasteiger partial charge in [0.05, 0.1) is 5.60 Å². The molecular weight excluding hydrogens is 162 g/mol. The Morgan fingerprint density at radius 1 is 1.23 bits per heavy atom. The van der Waals surface area contributed by atoms with Gasteiger partial charge in [0.2, 0.25) is 0 Å². The molecule has 2 unspecified atom stereocenters. The van der Waals surface area contributed by atoms with E-state index >= 15 is 0 Å². The maximum Gasteiger partial charge on any atom is 0.0826 e. The van der Waals surface area contributed by atoms with Crippen molar-refractivity contribution in [3.8, 4) is 0 Å². The standard InChI is InChI=1S/C11H25NO/c1-6-9(4)10(12)11(7-2,8-3)13-5/h9-10H,6-8,12H2,1-5H3. The number of methoxy groups -OCH3 is 1. The number of hydrogen-bond acceptors (Lipinski definition) is 2. The molecular formula is C11H25NO. The highest BCUT2D eigenvalue weighted by atomic mass is 16.5. The van der Waals surface area contributed by atoms with Crippen molar-refractivity contribution in [1.29, 1.82) is 0 Å². The topological polar surface area (TPSA) is 35.2 Å². The van der Waals surface area contributed by atoms with E-state index in [0.717, 1.165) is 19.3 Å². The largest absolute Gasteiger partial charge is 0.377 e. The molecule has 0 heterocycles. The molecule has 0 radical (unpaired) electrons. The van der Waals surface area contributed by atoms with Gasteiger partial charge < -0.3 is 10.5 Å². The SMILES string of the molecule is CCC(C)C(N)C(CC)(CC)OC. The first-order chi connectivity index (χ1) is 6.07. The molecule has 2 nitrogen and oxygen atoms in total. The van der Waals surface area contributed by atoms with E-state index in [9.17, 15) is 0 Å². The lowest BCUT2D eigenvalue weighted by molar-refractivity contribution is -0.0504. The number of rotatable bonds is 6. The Bertz CT molecular complexity index is 124. The van der Waals surface area contributed by atoms with Crippen molar-refractivity contribution < 1.29 is 4.74 Å². The summed E-state index contributed by atoms with van der Waals surface area (Å²) in [6, 6.07) is 0.150. The van der Waals surface area contributed by atoms with Crippen LogP contribution in [0.3, 0.4) is 0 Å². The second-order valence-corrected chi connectivity index (χ2v) is 3.89. The van der Waals surface area contributed by atoms with Crippen molar-refractivity contribution in [2.75, 3.05) is 7.11 Å². The molecule has 0 spiro atoms.